The summed E-state index contributed by atoms with van der Waals surface area (Å²) in [5.41, 5.74) is 6.97. The molecular formula is C16H13ClNNaO3S. The molecule has 0 aromatic heterocycles. The van der Waals surface area contributed by atoms with Crippen LogP contribution in [0.4, 0.5) is 5.69 Å². The molecule has 0 spiro atoms. The van der Waals surface area contributed by atoms with Gasteiger partial charge in [-0.3, -0.25) is 4.79 Å². The van der Waals surface area contributed by atoms with Crippen LogP contribution in [0.5, 0.6) is 0 Å². The van der Waals surface area contributed by atoms with E-state index in [-0.39, 0.29) is 57.2 Å². The number of carbonyl (C=O) groups excluding carboxylic acids is 2. The second-order valence-electron chi connectivity index (χ2n) is 4.63. The summed E-state index contributed by atoms with van der Waals surface area (Å²) in [6.07, 6.45) is 1.55. The molecular weight excluding hydrogens is 345 g/mol. The summed E-state index contributed by atoms with van der Waals surface area (Å²) in [5, 5.41) is 11.0. The topological polar surface area (TPSA) is 83.2 Å². The molecule has 0 heterocycles. The number of anilines is 1. The maximum atomic E-state index is 12.5. The zero-order valence-corrected chi connectivity index (χ0v) is 16.3. The van der Waals surface area contributed by atoms with E-state index in [0.717, 1.165) is 4.90 Å². The first kappa shape index (κ1) is 20.1. The fraction of sp³-hybridized carbons (Fsp3) is 0.125. The van der Waals surface area contributed by atoms with Crippen LogP contribution in [0.3, 0.4) is 0 Å². The van der Waals surface area contributed by atoms with Crippen LogP contribution in [-0.2, 0) is 11.2 Å². The largest absolute Gasteiger partial charge is 1.00 e. The average Bonchev–Trinajstić information content (AvgIpc) is 2.49. The Hall–Kier alpha value is -0.980. The third kappa shape index (κ3) is 4.99. The van der Waals surface area contributed by atoms with E-state index in [1.54, 1.807) is 23.9 Å². The number of nitrogens with two attached hydrogens (primary N) is 1. The molecule has 0 radical (unpaired) electrons. The van der Waals surface area contributed by atoms with Gasteiger partial charge in [-0.25, -0.2) is 0 Å². The van der Waals surface area contributed by atoms with E-state index in [0.29, 0.717) is 5.56 Å². The summed E-state index contributed by atoms with van der Waals surface area (Å²) < 4.78 is 0. The van der Waals surface area contributed by atoms with Crippen molar-refractivity contribution >= 4 is 40.8 Å². The van der Waals surface area contributed by atoms with E-state index in [1.807, 2.05) is 18.4 Å². The van der Waals surface area contributed by atoms with Gasteiger partial charge < -0.3 is 15.6 Å². The Morgan fingerprint density at radius 2 is 1.83 bits per heavy atom. The molecule has 0 saturated carbocycles. The number of carboxylic acids is 1. The first-order valence-corrected chi connectivity index (χ1v) is 7.99. The van der Waals surface area contributed by atoms with Crippen LogP contribution in [0, 0.1) is 0 Å². The number of nitrogen functional groups attached to an aromatic ring is 1. The third-order valence-corrected chi connectivity index (χ3v) is 4.12. The second kappa shape index (κ2) is 8.76. The van der Waals surface area contributed by atoms with E-state index in [1.165, 1.54) is 12.1 Å². The molecule has 0 aliphatic heterocycles. The Balaban J connectivity index is 0.00000264. The summed E-state index contributed by atoms with van der Waals surface area (Å²) in [7, 11) is 0. The normalized spacial score (nSPS) is 10.0. The van der Waals surface area contributed by atoms with Gasteiger partial charge in [-0.1, -0.05) is 11.6 Å². The molecule has 0 atom stereocenters. The number of benzene rings is 2. The number of aliphatic carboxylic acids is 1. The van der Waals surface area contributed by atoms with Crippen molar-refractivity contribution in [1.29, 1.82) is 0 Å². The zero-order chi connectivity index (χ0) is 16.3. The summed E-state index contributed by atoms with van der Waals surface area (Å²) in [6.45, 7) is 0. The van der Waals surface area contributed by atoms with Crippen LogP contribution in [0.1, 0.15) is 21.5 Å². The molecule has 2 rings (SSSR count). The molecule has 7 heteroatoms. The van der Waals surface area contributed by atoms with Crippen molar-refractivity contribution in [3.8, 4) is 0 Å². The summed E-state index contributed by atoms with van der Waals surface area (Å²) in [4.78, 5) is 24.3. The molecule has 0 aliphatic carbocycles. The number of halogens is 1. The summed E-state index contributed by atoms with van der Waals surface area (Å²) in [6, 6.07) is 9.95. The molecule has 4 nitrogen and oxygen atoms in total. The zero-order valence-electron chi connectivity index (χ0n) is 12.8. The smallest absolute Gasteiger partial charge is 0.550 e. The Bertz CT molecular complexity index is 735. The number of thioether (sulfide) groups is 1. The maximum absolute atomic E-state index is 12.5. The van der Waals surface area contributed by atoms with Crippen LogP contribution in [0.2, 0.25) is 5.02 Å². The van der Waals surface area contributed by atoms with Gasteiger partial charge in [0.25, 0.3) is 0 Å². The molecule has 0 bridgehead atoms. The van der Waals surface area contributed by atoms with Gasteiger partial charge in [-0.15, -0.1) is 11.8 Å². The molecule has 0 fully saturated rings. The number of carboxylic acid groups (broad SMARTS) is 1. The maximum Gasteiger partial charge on any atom is 1.00 e. The van der Waals surface area contributed by atoms with Crippen molar-refractivity contribution < 1.29 is 44.3 Å². The third-order valence-electron chi connectivity index (χ3n) is 3.16. The SMILES string of the molecule is CSc1ccc(C(=O)c2cc(Cl)cc(CC(=O)[O-])c2N)cc1.[Na+]. The van der Waals surface area contributed by atoms with Crippen LogP contribution in [-0.4, -0.2) is 18.0 Å². The molecule has 2 aromatic carbocycles. The van der Waals surface area contributed by atoms with Crippen molar-refractivity contribution in [3.05, 3.63) is 58.1 Å². The van der Waals surface area contributed by atoms with Gasteiger partial charge in [0, 0.05) is 39.1 Å². The van der Waals surface area contributed by atoms with E-state index in [9.17, 15) is 14.7 Å². The van der Waals surface area contributed by atoms with E-state index < -0.39 is 12.4 Å². The fourth-order valence-electron chi connectivity index (χ4n) is 2.06. The van der Waals surface area contributed by atoms with Crippen molar-refractivity contribution in [2.75, 3.05) is 12.0 Å². The average molecular weight is 358 g/mol. The number of hydrogen-bond donors (Lipinski definition) is 1. The molecule has 2 aromatic rings. The van der Waals surface area contributed by atoms with Crippen molar-refractivity contribution in [2.45, 2.75) is 11.3 Å². The van der Waals surface area contributed by atoms with Gasteiger partial charge in [0.15, 0.2) is 5.78 Å². The van der Waals surface area contributed by atoms with Crippen LogP contribution in [0.15, 0.2) is 41.3 Å². The van der Waals surface area contributed by atoms with E-state index >= 15 is 0 Å². The van der Waals surface area contributed by atoms with Gasteiger partial charge >= 0.3 is 29.6 Å². The minimum absolute atomic E-state index is 0. The second-order valence-corrected chi connectivity index (χ2v) is 5.95. The van der Waals surface area contributed by atoms with Gasteiger partial charge in [-0.05, 0) is 48.2 Å². The number of hydrogen-bond acceptors (Lipinski definition) is 5. The van der Waals surface area contributed by atoms with Gasteiger partial charge in [-0.2, -0.15) is 0 Å². The number of ketones is 1. The Kier molecular flexibility index (Phi) is 7.64. The van der Waals surface area contributed by atoms with Crippen molar-refractivity contribution in [2.24, 2.45) is 0 Å². The van der Waals surface area contributed by atoms with Crippen molar-refractivity contribution in [3.63, 3.8) is 0 Å². The standard InChI is InChI=1S/C16H14ClNO3S.Na/c1-22-12-4-2-9(3-5-12)16(21)13-8-11(17)6-10(15(13)18)7-14(19)20;/h2-6,8H,7,18H2,1H3,(H,19,20);/q;+1/p-1. The van der Waals surface area contributed by atoms with Crippen molar-refractivity contribution in [1.82, 2.24) is 0 Å². The van der Waals surface area contributed by atoms with Crippen LogP contribution < -0.4 is 40.4 Å². The fourth-order valence-corrected chi connectivity index (χ4v) is 2.71. The first-order valence-electron chi connectivity index (χ1n) is 6.39. The minimum Gasteiger partial charge on any atom is -0.550 e. The Morgan fingerprint density at radius 1 is 1.22 bits per heavy atom. The number of rotatable bonds is 5. The molecule has 0 saturated heterocycles. The van der Waals surface area contributed by atoms with Gasteiger partial charge in [0.1, 0.15) is 0 Å². The Labute approximate surface area is 165 Å². The molecule has 114 valence electrons. The first-order chi connectivity index (χ1) is 10.4. The Morgan fingerprint density at radius 3 is 2.35 bits per heavy atom. The van der Waals surface area contributed by atoms with E-state index in [4.69, 9.17) is 17.3 Å². The summed E-state index contributed by atoms with van der Waals surface area (Å²) in [5.74, 6) is -1.58. The monoisotopic (exact) mass is 357 g/mol. The molecule has 2 N–H and O–H groups in total. The van der Waals surface area contributed by atoms with Crippen LogP contribution in [0.25, 0.3) is 0 Å². The molecule has 0 unspecified atom stereocenters. The molecule has 23 heavy (non-hydrogen) atoms. The molecule has 0 aliphatic rings. The number of carbonyl (C=O) groups is 2. The molecule has 0 amide bonds. The minimum atomic E-state index is -1.28. The summed E-state index contributed by atoms with van der Waals surface area (Å²) >= 11 is 7.53. The van der Waals surface area contributed by atoms with E-state index in [2.05, 4.69) is 0 Å². The van der Waals surface area contributed by atoms with Gasteiger partial charge in [0.05, 0.1) is 0 Å². The predicted octanol–water partition coefficient (Wildman–Crippen LogP) is -0.828. The predicted molar refractivity (Wildman–Crippen MR) is 86.2 cm³/mol. The quantitative estimate of drug-likeness (QED) is 0.327. The van der Waals surface area contributed by atoms with Crippen LogP contribution >= 0.6 is 23.4 Å². The van der Waals surface area contributed by atoms with Gasteiger partial charge in [0.2, 0.25) is 0 Å².